The minimum atomic E-state index is -0.703. The maximum absolute atomic E-state index is 12.5. The van der Waals surface area contributed by atoms with Crippen molar-refractivity contribution >= 4 is 52.1 Å². The summed E-state index contributed by atoms with van der Waals surface area (Å²) in [4.78, 5) is 12.5. The second-order valence-electron chi connectivity index (χ2n) is 4.79. The van der Waals surface area contributed by atoms with Crippen LogP contribution in [0.25, 0.3) is 0 Å². The van der Waals surface area contributed by atoms with E-state index >= 15 is 0 Å². The molecule has 0 radical (unpaired) electrons. The molecule has 7 heteroatoms. The number of halogens is 3. The third-order valence-electron chi connectivity index (χ3n) is 3.08. The Balaban J connectivity index is 2.19. The smallest absolute Gasteiger partial charge is 0.257 e. The number of alkyl halides is 1. The average Bonchev–Trinajstić information content (AvgIpc) is 2.56. The van der Waals surface area contributed by atoms with Gasteiger partial charge in [-0.1, -0.05) is 41.4 Å². The minimum absolute atomic E-state index is 0.108. The van der Waals surface area contributed by atoms with E-state index in [0.717, 1.165) is 0 Å². The van der Waals surface area contributed by atoms with Crippen molar-refractivity contribution in [3.8, 4) is 0 Å². The van der Waals surface area contributed by atoms with Gasteiger partial charge in [0.15, 0.2) is 0 Å². The molecule has 0 aromatic heterocycles. The SMILES string of the molecule is O=C(Nc1c(Cl)cccc1Cl)c1ccccc1NCC(O)CCl. The van der Waals surface area contributed by atoms with Crippen LogP contribution < -0.4 is 10.6 Å². The van der Waals surface area contributed by atoms with Crippen LogP contribution in [0.2, 0.25) is 10.0 Å². The van der Waals surface area contributed by atoms with E-state index in [1.165, 1.54) is 0 Å². The van der Waals surface area contributed by atoms with Gasteiger partial charge in [-0.05, 0) is 24.3 Å². The van der Waals surface area contributed by atoms with Crippen LogP contribution in [0.4, 0.5) is 11.4 Å². The molecule has 0 saturated heterocycles. The molecule has 0 heterocycles. The highest BCUT2D eigenvalue weighted by Gasteiger charge is 2.15. The first kappa shape index (κ1) is 17.9. The summed E-state index contributed by atoms with van der Waals surface area (Å²) in [6.07, 6.45) is -0.703. The second kappa shape index (κ2) is 8.41. The summed E-state index contributed by atoms with van der Waals surface area (Å²) in [5.74, 6) is -0.250. The lowest BCUT2D eigenvalue weighted by Gasteiger charge is -2.15. The van der Waals surface area contributed by atoms with Crippen LogP contribution in [0, 0.1) is 0 Å². The number of carbonyl (C=O) groups excluding carboxylic acids is 1. The van der Waals surface area contributed by atoms with Crippen LogP contribution in [-0.2, 0) is 0 Å². The van der Waals surface area contributed by atoms with Crippen LogP contribution in [-0.4, -0.2) is 29.5 Å². The summed E-state index contributed by atoms with van der Waals surface area (Å²) in [6, 6.07) is 11.9. The Morgan fingerprint density at radius 3 is 2.39 bits per heavy atom. The summed E-state index contributed by atoms with van der Waals surface area (Å²) < 4.78 is 0. The Labute approximate surface area is 149 Å². The van der Waals surface area contributed by atoms with E-state index in [0.29, 0.717) is 27.0 Å². The lowest BCUT2D eigenvalue weighted by molar-refractivity contribution is 0.102. The maximum Gasteiger partial charge on any atom is 0.257 e. The first-order valence-electron chi connectivity index (χ1n) is 6.85. The van der Waals surface area contributed by atoms with Gasteiger partial charge in [0.1, 0.15) is 0 Å². The highest BCUT2D eigenvalue weighted by Crippen LogP contribution is 2.30. The zero-order chi connectivity index (χ0) is 16.8. The lowest BCUT2D eigenvalue weighted by Crippen LogP contribution is -2.22. The second-order valence-corrected chi connectivity index (χ2v) is 5.91. The molecule has 0 bridgehead atoms. The fraction of sp³-hybridized carbons (Fsp3) is 0.188. The van der Waals surface area contributed by atoms with E-state index < -0.39 is 6.10 Å². The Hall–Kier alpha value is -1.46. The Kier molecular flexibility index (Phi) is 6.54. The molecular formula is C16H15Cl3N2O2. The van der Waals surface area contributed by atoms with E-state index in [-0.39, 0.29) is 18.3 Å². The van der Waals surface area contributed by atoms with Crippen molar-refractivity contribution in [3.63, 3.8) is 0 Å². The van der Waals surface area contributed by atoms with Crippen molar-refractivity contribution in [2.75, 3.05) is 23.1 Å². The molecule has 0 spiro atoms. The number of hydrogen-bond acceptors (Lipinski definition) is 3. The Morgan fingerprint density at radius 1 is 1.09 bits per heavy atom. The highest BCUT2D eigenvalue weighted by molar-refractivity contribution is 6.40. The standard InChI is InChI=1S/C16H15Cl3N2O2/c17-8-10(22)9-20-14-7-2-1-4-11(14)16(23)21-15-12(18)5-3-6-13(15)19/h1-7,10,20,22H,8-9H2,(H,21,23). The van der Waals surface area contributed by atoms with Crippen molar-refractivity contribution in [3.05, 3.63) is 58.1 Å². The first-order valence-corrected chi connectivity index (χ1v) is 8.14. The Bertz CT molecular complexity index is 675. The largest absolute Gasteiger partial charge is 0.390 e. The predicted octanol–water partition coefficient (Wildman–Crippen LogP) is 4.26. The van der Waals surface area contributed by atoms with Crippen molar-refractivity contribution in [1.82, 2.24) is 0 Å². The zero-order valence-corrected chi connectivity index (χ0v) is 14.3. The van der Waals surface area contributed by atoms with E-state index in [4.69, 9.17) is 34.8 Å². The van der Waals surface area contributed by atoms with Crippen molar-refractivity contribution in [2.24, 2.45) is 0 Å². The lowest BCUT2D eigenvalue weighted by atomic mass is 10.1. The van der Waals surface area contributed by atoms with Gasteiger partial charge in [0, 0.05) is 12.2 Å². The summed E-state index contributed by atoms with van der Waals surface area (Å²) in [5, 5.41) is 15.9. The summed E-state index contributed by atoms with van der Waals surface area (Å²) in [5.41, 5.74) is 1.35. The number of benzene rings is 2. The maximum atomic E-state index is 12.5. The number of rotatable bonds is 6. The number of para-hydroxylation sites is 2. The molecule has 3 N–H and O–H groups in total. The fourth-order valence-corrected chi connectivity index (χ4v) is 2.52. The number of carbonyl (C=O) groups is 1. The van der Waals surface area contributed by atoms with Crippen molar-refractivity contribution < 1.29 is 9.90 Å². The molecule has 0 aliphatic carbocycles. The van der Waals surface area contributed by atoms with E-state index in [1.54, 1.807) is 42.5 Å². The van der Waals surface area contributed by atoms with Crippen LogP contribution >= 0.6 is 34.8 Å². The van der Waals surface area contributed by atoms with Gasteiger partial charge < -0.3 is 15.7 Å². The van der Waals surface area contributed by atoms with Gasteiger partial charge in [-0.2, -0.15) is 0 Å². The quantitative estimate of drug-likeness (QED) is 0.663. The minimum Gasteiger partial charge on any atom is -0.390 e. The third-order valence-corrected chi connectivity index (χ3v) is 4.07. The molecule has 4 nitrogen and oxygen atoms in total. The number of anilines is 2. The van der Waals surface area contributed by atoms with Crippen LogP contribution in [0.3, 0.4) is 0 Å². The van der Waals surface area contributed by atoms with Gasteiger partial charge in [-0.25, -0.2) is 0 Å². The van der Waals surface area contributed by atoms with Crippen LogP contribution in [0.15, 0.2) is 42.5 Å². The van der Waals surface area contributed by atoms with Gasteiger partial charge in [-0.15, -0.1) is 11.6 Å². The van der Waals surface area contributed by atoms with Gasteiger partial charge in [0.25, 0.3) is 5.91 Å². The number of aliphatic hydroxyl groups is 1. The van der Waals surface area contributed by atoms with E-state index in [1.807, 2.05) is 0 Å². The molecule has 2 aromatic rings. The normalized spacial score (nSPS) is 11.8. The van der Waals surface area contributed by atoms with Crippen molar-refractivity contribution in [2.45, 2.75) is 6.10 Å². The summed E-state index contributed by atoms with van der Waals surface area (Å²) >= 11 is 17.7. The molecule has 1 unspecified atom stereocenters. The molecule has 0 fully saturated rings. The Morgan fingerprint density at radius 2 is 1.74 bits per heavy atom. The van der Waals surface area contributed by atoms with E-state index in [9.17, 15) is 9.90 Å². The highest BCUT2D eigenvalue weighted by atomic mass is 35.5. The summed E-state index contributed by atoms with van der Waals surface area (Å²) in [6.45, 7) is 0.237. The van der Waals surface area contributed by atoms with Gasteiger partial charge in [-0.3, -0.25) is 4.79 Å². The molecule has 0 aliphatic heterocycles. The monoisotopic (exact) mass is 372 g/mol. The topological polar surface area (TPSA) is 61.4 Å². The van der Waals surface area contributed by atoms with Gasteiger partial charge in [0.2, 0.25) is 0 Å². The number of aliphatic hydroxyl groups excluding tert-OH is 1. The van der Waals surface area contributed by atoms with Crippen molar-refractivity contribution in [1.29, 1.82) is 0 Å². The third kappa shape index (κ3) is 4.75. The molecule has 1 amide bonds. The fourth-order valence-electron chi connectivity index (χ4n) is 1.92. The van der Waals surface area contributed by atoms with Gasteiger partial charge in [0.05, 0.1) is 33.3 Å². The van der Waals surface area contributed by atoms with E-state index in [2.05, 4.69) is 10.6 Å². The first-order chi connectivity index (χ1) is 11.0. The van der Waals surface area contributed by atoms with Crippen LogP contribution in [0.5, 0.6) is 0 Å². The molecule has 1 atom stereocenters. The van der Waals surface area contributed by atoms with Crippen LogP contribution in [0.1, 0.15) is 10.4 Å². The average molecular weight is 374 g/mol. The summed E-state index contributed by atoms with van der Waals surface area (Å²) in [7, 11) is 0. The molecule has 0 aliphatic rings. The molecule has 2 rings (SSSR count). The predicted molar refractivity (Wildman–Crippen MR) is 96.1 cm³/mol. The molecule has 0 saturated carbocycles. The van der Waals surface area contributed by atoms with Gasteiger partial charge >= 0.3 is 0 Å². The number of nitrogens with one attached hydrogen (secondary N) is 2. The number of amides is 1. The molecule has 2 aromatic carbocycles. The zero-order valence-electron chi connectivity index (χ0n) is 12.0. The molecule has 23 heavy (non-hydrogen) atoms. The number of hydrogen-bond donors (Lipinski definition) is 3. The molecular weight excluding hydrogens is 359 g/mol. The molecule has 122 valence electrons.